The molecule has 1 atom stereocenters. The van der Waals surface area contributed by atoms with Gasteiger partial charge >= 0.3 is 0 Å². The summed E-state index contributed by atoms with van der Waals surface area (Å²) in [6.45, 7) is 3.17. The van der Waals surface area contributed by atoms with Gasteiger partial charge in [0.1, 0.15) is 5.82 Å². The van der Waals surface area contributed by atoms with Crippen molar-refractivity contribution in [3.05, 3.63) is 30.3 Å². The lowest BCUT2D eigenvalue weighted by Crippen LogP contribution is -2.32. The van der Waals surface area contributed by atoms with E-state index in [2.05, 4.69) is 14.9 Å². The molecule has 0 radical (unpaired) electrons. The Kier molecular flexibility index (Phi) is 2.81. The maximum absolute atomic E-state index is 13.0. The second-order valence-electron chi connectivity index (χ2n) is 4.74. The number of nitrogens with zero attached hydrogens (tertiary/aromatic N) is 2. The molecule has 0 saturated carbocycles. The van der Waals surface area contributed by atoms with Gasteiger partial charge in [0.2, 0.25) is 0 Å². The third-order valence-corrected chi connectivity index (χ3v) is 3.44. The lowest BCUT2D eigenvalue weighted by Gasteiger charge is -2.23. The lowest BCUT2D eigenvalue weighted by molar-refractivity contribution is 0.340. The van der Waals surface area contributed by atoms with Crippen molar-refractivity contribution in [3.63, 3.8) is 0 Å². The van der Waals surface area contributed by atoms with Gasteiger partial charge in [-0.1, -0.05) is 0 Å². The third-order valence-electron chi connectivity index (χ3n) is 3.44. The van der Waals surface area contributed by atoms with E-state index >= 15 is 0 Å². The van der Waals surface area contributed by atoms with Crippen LogP contribution in [0.4, 0.5) is 4.39 Å². The Labute approximate surface area is 99.7 Å². The summed E-state index contributed by atoms with van der Waals surface area (Å²) in [5.74, 6) is 0.438. The van der Waals surface area contributed by atoms with E-state index in [-0.39, 0.29) is 5.82 Å². The van der Waals surface area contributed by atoms with Crippen LogP contribution < -0.4 is 5.32 Å². The van der Waals surface area contributed by atoms with Crippen molar-refractivity contribution in [3.8, 4) is 0 Å². The normalized spacial score (nSPS) is 20.9. The van der Waals surface area contributed by atoms with Gasteiger partial charge < -0.3 is 9.88 Å². The van der Waals surface area contributed by atoms with Crippen LogP contribution in [0, 0.1) is 11.7 Å². The highest BCUT2D eigenvalue weighted by molar-refractivity contribution is 5.75. The SMILES string of the molecule is Fc1ccc2c(c1)ncn2CC1CCCNC1. The van der Waals surface area contributed by atoms with Crippen LogP contribution in [0.15, 0.2) is 24.5 Å². The minimum absolute atomic E-state index is 0.220. The average molecular weight is 233 g/mol. The van der Waals surface area contributed by atoms with E-state index in [0.29, 0.717) is 5.92 Å². The molecule has 17 heavy (non-hydrogen) atoms. The van der Waals surface area contributed by atoms with Crippen LogP contribution in [0.25, 0.3) is 11.0 Å². The first kappa shape index (κ1) is 10.7. The van der Waals surface area contributed by atoms with Crippen molar-refractivity contribution >= 4 is 11.0 Å². The molecule has 2 aromatic rings. The largest absolute Gasteiger partial charge is 0.330 e. The zero-order valence-corrected chi connectivity index (χ0v) is 9.69. The summed E-state index contributed by atoms with van der Waals surface area (Å²) in [6.07, 6.45) is 4.32. The summed E-state index contributed by atoms with van der Waals surface area (Å²) in [7, 11) is 0. The van der Waals surface area contributed by atoms with Gasteiger partial charge in [0.05, 0.1) is 17.4 Å². The maximum Gasteiger partial charge on any atom is 0.125 e. The minimum Gasteiger partial charge on any atom is -0.330 e. The summed E-state index contributed by atoms with van der Waals surface area (Å²) in [6, 6.07) is 4.80. The molecular formula is C13H16FN3. The van der Waals surface area contributed by atoms with E-state index in [1.165, 1.54) is 25.0 Å². The van der Waals surface area contributed by atoms with Gasteiger partial charge in [-0.3, -0.25) is 0 Å². The van der Waals surface area contributed by atoms with E-state index in [1.807, 2.05) is 12.4 Å². The Balaban J connectivity index is 1.84. The molecule has 0 aliphatic carbocycles. The molecule has 1 aliphatic rings. The van der Waals surface area contributed by atoms with Gasteiger partial charge in [-0.15, -0.1) is 0 Å². The van der Waals surface area contributed by atoms with E-state index in [1.54, 1.807) is 0 Å². The van der Waals surface area contributed by atoms with Gasteiger partial charge in [0.25, 0.3) is 0 Å². The van der Waals surface area contributed by atoms with Crippen LogP contribution in [0.1, 0.15) is 12.8 Å². The number of imidazole rings is 1. The first-order valence-corrected chi connectivity index (χ1v) is 6.14. The highest BCUT2D eigenvalue weighted by Gasteiger charge is 2.14. The molecule has 1 unspecified atom stereocenters. The summed E-state index contributed by atoms with van der Waals surface area (Å²) >= 11 is 0. The zero-order valence-electron chi connectivity index (χ0n) is 9.69. The summed E-state index contributed by atoms with van der Waals surface area (Å²) in [4.78, 5) is 4.25. The number of piperidine rings is 1. The van der Waals surface area contributed by atoms with Crippen molar-refractivity contribution in [2.24, 2.45) is 5.92 Å². The highest BCUT2D eigenvalue weighted by Crippen LogP contribution is 2.18. The predicted molar refractivity (Wildman–Crippen MR) is 65.3 cm³/mol. The van der Waals surface area contributed by atoms with Crippen LogP contribution >= 0.6 is 0 Å². The van der Waals surface area contributed by atoms with Crippen LogP contribution in [-0.4, -0.2) is 22.6 Å². The smallest absolute Gasteiger partial charge is 0.125 e. The van der Waals surface area contributed by atoms with E-state index in [4.69, 9.17) is 0 Å². The molecule has 0 spiro atoms. The lowest BCUT2D eigenvalue weighted by atomic mass is 10.00. The molecular weight excluding hydrogens is 217 g/mol. The topological polar surface area (TPSA) is 29.9 Å². The highest BCUT2D eigenvalue weighted by atomic mass is 19.1. The Morgan fingerprint density at radius 2 is 2.41 bits per heavy atom. The molecule has 0 amide bonds. The zero-order chi connectivity index (χ0) is 11.7. The summed E-state index contributed by atoms with van der Waals surface area (Å²) < 4.78 is 15.2. The number of rotatable bonds is 2. The van der Waals surface area contributed by atoms with Crippen LogP contribution in [0.2, 0.25) is 0 Å². The Morgan fingerprint density at radius 1 is 1.47 bits per heavy atom. The molecule has 1 aromatic carbocycles. The van der Waals surface area contributed by atoms with Crippen molar-refractivity contribution in [2.45, 2.75) is 19.4 Å². The molecule has 2 heterocycles. The molecule has 1 saturated heterocycles. The van der Waals surface area contributed by atoms with Gasteiger partial charge in [-0.25, -0.2) is 9.37 Å². The summed E-state index contributed by atoms with van der Waals surface area (Å²) in [5.41, 5.74) is 1.77. The van der Waals surface area contributed by atoms with Crippen molar-refractivity contribution in [2.75, 3.05) is 13.1 Å². The van der Waals surface area contributed by atoms with Crippen molar-refractivity contribution in [1.29, 1.82) is 0 Å². The third kappa shape index (κ3) is 2.17. The van der Waals surface area contributed by atoms with Crippen molar-refractivity contribution < 1.29 is 4.39 Å². The Bertz CT molecular complexity index is 514. The number of hydrogen-bond donors (Lipinski definition) is 1. The molecule has 3 nitrogen and oxygen atoms in total. The Hall–Kier alpha value is -1.42. The molecule has 3 rings (SSSR count). The molecule has 4 heteroatoms. The number of fused-ring (bicyclic) bond motifs is 1. The fourth-order valence-corrected chi connectivity index (χ4v) is 2.54. The predicted octanol–water partition coefficient (Wildman–Crippen LogP) is 2.17. The first-order chi connectivity index (χ1) is 8.33. The van der Waals surface area contributed by atoms with Crippen LogP contribution in [0.3, 0.4) is 0 Å². The average Bonchev–Trinajstić information content (AvgIpc) is 2.73. The summed E-state index contributed by atoms with van der Waals surface area (Å²) in [5, 5.41) is 3.41. The standard InChI is InChI=1S/C13H16FN3/c14-11-3-4-13-12(6-11)16-9-17(13)8-10-2-1-5-15-7-10/h3-4,6,9-10,15H,1-2,5,7-8H2. The van der Waals surface area contributed by atoms with Gasteiger partial charge in [0.15, 0.2) is 0 Å². The second-order valence-corrected chi connectivity index (χ2v) is 4.74. The monoisotopic (exact) mass is 233 g/mol. The van der Waals surface area contributed by atoms with Crippen LogP contribution in [0.5, 0.6) is 0 Å². The van der Waals surface area contributed by atoms with E-state index in [0.717, 1.165) is 30.7 Å². The Morgan fingerprint density at radius 3 is 3.24 bits per heavy atom. The molecule has 90 valence electrons. The first-order valence-electron chi connectivity index (χ1n) is 6.14. The maximum atomic E-state index is 13.0. The fraction of sp³-hybridized carbons (Fsp3) is 0.462. The molecule has 1 aromatic heterocycles. The number of benzene rings is 1. The number of aromatic nitrogens is 2. The minimum atomic E-state index is -0.220. The second kappa shape index (κ2) is 4.45. The van der Waals surface area contributed by atoms with Crippen molar-refractivity contribution in [1.82, 2.24) is 14.9 Å². The number of nitrogens with one attached hydrogen (secondary N) is 1. The van der Waals surface area contributed by atoms with E-state index in [9.17, 15) is 4.39 Å². The van der Waals surface area contributed by atoms with E-state index < -0.39 is 0 Å². The van der Waals surface area contributed by atoms with Gasteiger partial charge in [-0.2, -0.15) is 0 Å². The van der Waals surface area contributed by atoms with Crippen LogP contribution in [-0.2, 0) is 6.54 Å². The fourth-order valence-electron chi connectivity index (χ4n) is 2.54. The quantitative estimate of drug-likeness (QED) is 0.861. The number of halogens is 1. The van der Waals surface area contributed by atoms with Gasteiger partial charge in [-0.05, 0) is 44.0 Å². The number of hydrogen-bond acceptors (Lipinski definition) is 2. The molecule has 1 fully saturated rings. The van der Waals surface area contributed by atoms with Gasteiger partial charge in [0, 0.05) is 12.6 Å². The molecule has 1 N–H and O–H groups in total. The molecule has 0 bridgehead atoms. The molecule has 1 aliphatic heterocycles.